The topological polar surface area (TPSA) is 29.3 Å². The Morgan fingerprint density at radius 1 is 1.29 bits per heavy atom. The van der Waals surface area contributed by atoms with Gasteiger partial charge in [0.05, 0.1) is 6.04 Å². The first kappa shape index (κ1) is 14.7. The second-order valence-corrected chi connectivity index (χ2v) is 5.60. The van der Waals surface area contributed by atoms with Crippen LogP contribution in [0.15, 0.2) is 17.5 Å². The third-order valence-electron chi connectivity index (χ3n) is 3.59. The standard InChI is InChI=1S/C14H26N2S/c1-5-11(4)16(7-3)14(12(15)6-2)13-9-8-10-17-13/h8-12,14H,5-7,15H2,1-4H3. The molecule has 98 valence electrons. The van der Waals surface area contributed by atoms with Crippen LogP contribution in [0.25, 0.3) is 0 Å². The summed E-state index contributed by atoms with van der Waals surface area (Å²) in [7, 11) is 0. The Bertz CT molecular complexity index is 297. The van der Waals surface area contributed by atoms with Crippen LogP contribution in [0.3, 0.4) is 0 Å². The number of nitrogens with zero attached hydrogens (tertiary/aromatic N) is 1. The molecule has 3 heteroatoms. The predicted molar refractivity (Wildman–Crippen MR) is 77.5 cm³/mol. The van der Waals surface area contributed by atoms with E-state index in [1.54, 1.807) is 0 Å². The van der Waals surface area contributed by atoms with Crippen molar-refractivity contribution < 1.29 is 0 Å². The molecule has 3 atom stereocenters. The van der Waals surface area contributed by atoms with Crippen LogP contribution >= 0.6 is 11.3 Å². The summed E-state index contributed by atoms with van der Waals surface area (Å²) in [5.41, 5.74) is 6.34. The van der Waals surface area contributed by atoms with Gasteiger partial charge in [-0.25, -0.2) is 0 Å². The summed E-state index contributed by atoms with van der Waals surface area (Å²) in [6.07, 6.45) is 2.20. The van der Waals surface area contributed by atoms with Gasteiger partial charge in [0, 0.05) is 17.0 Å². The van der Waals surface area contributed by atoms with Crippen molar-refractivity contribution in [1.82, 2.24) is 4.90 Å². The molecule has 0 bridgehead atoms. The first-order valence-electron chi connectivity index (χ1n) is 6.70. The van der Waals surface area contributed by atoms with Crippen LogP contribution in [0.5, 0.6) is 0 Å². The molecule has 0 aliphatic carbocycles. The van der Waals surface area contributed by atoms with Crippen molar-refractivity contribution >= 4 is 11.3 Å². The second-order valence-electron chi connectivity index (χ2n) is 4.62. The average molecular weight is 254 g/mol. The van der Waals surface area contributed by atoms with Crippen LogP contribution < -0.4 is 5.73 Å². The van der Waals surface area contributed by atoms with Crippen molar-refractivity contribution in [2.75, 3.05) is 6.54 Å². The fourth-order valence-electron chi connectivity index (χ4n) is 2.32. The van der Waals surface area contributed by atoms with E-state index in [-0.39, 0.29) is 6.04 Å². The van der Waals surface area contributed by atoms with Crippen molar-refractivity contribution in [3.05, 3.63) is 22.4 Å². The Balaban J connectivity index is 2.96. The van der Waals surface area contributed by atoms with Crippen molar-refractivity contribution in [3.8, 4) is 0 Å². The first-order chi connectivity index (χ1) is 8.15. The lowest BCUT2D eigenvalue weighted by Gasteiger charge is -2.38. The molecule has 2 nitrogen and oxygen atoms in total. The zero-order chi connectivity index (χ0) is 12.8. The Morgan fingerprint density at radius 2 is 2.00 bits per heavy atom. The Hall–Kier alpha value is -0.380. The van der Waals surface area contributed by atoms with E-state index in [1.165, 1.54) is 11.3 Å². The van der Waals surface area contributed by atoms with E-state index >= 15 is 0 Å². The Morgan fingerprint density at radius 3 is 2.41 bits per heavy atom. The largest absolute Gasteiger partial charge is 0.326 e. The maximum absolute atomic E-state index is 6.34. The van der Waals surface area contributed by atoms with Gasteiger partial charge in [-0.15, -0.1) is 11.3 Å². The smallest absolute Gasteiger partial charge is 0.0595 e. The van der Waals surface area contributed by atoms with E-state index in [4.69, 9.17) is 5.73 Å². The van der Waals surface area contributed by atoms with E-state index in [1.807, 2.05) is 11.3 Å². The molecule has 0 aromatic carbocycles. The normalized spacial score (nSPS) is 17.1. The molecule has 0 amide bonds. The number of hydrogen-bond donors (Lipinski definition) is 1. The van der Waals surface area contributed by atoms with Gasteiger partial charge in [0.15, 0.2) is 0 Å². The van der Waals surface area contributed by atoms with Crippen LogP contribution in [-0.2, 0) is 0 Å². The minimum absolute atomic E-state index is 0.225. The van der Waals surface area contributed by atoms with E-state index in [0.717, 1.165) is 13.0 Å². The fourth-order valence-corrected chi connectivity index (χ4v) is 3.24. The van der Waals surface area contributed by atoms with Gasteiger partial charge in [0.1, 0.15) is 0 Å². The molecule has 0 aliphatic rings. The molecular weight excluding hydrogens is 228 g/mol. The number of nitrogens with two attached hydrogens (primary N) is 1. The van der Waals surface area contributed by atoms with Gasteiger partial charge in [0.25, 0.3) is 0 Å². The zero-order valence-electron chi connectivity index (χ0n) is 11.5. The highest BCUT2D eigenvalue weighted by Crippen LogP contribution is 2.30. The Kier molecular flexibility index (Phi) is 6.17. The molecule has 0 spiro atoms. The molecule has 0 fully saturated rings. The third kappa shape index (κ3) is 3.54. The number of hydrogen-bond acceptors (Lipinski definition) is 3. The lowest BCUT2D eigenvalue weighted by molar-refractivity contribution is 0.128. The first-order valence-corrected chi connectivity index (χ1v) is 7.58. The summed E-state index contributed by atoms with van der Waals surface area (Å²) in [6, 6.07) is 5.53. The summed E-state index contributed by atoms with van der Waals surface area (Å²) >= 11 is 1.82. The molecule has 3 unspecified atom stereocenters. The average Bonchev–Trinajstić information content (AvgIpc) is 2.87. The summed E-state index contributed by atoms with van der Waals surface area (Å²) in [5.74, 6) is 0. The highest BCUT2D eigenvalue weighted by atomic mass is 32.1. The molecule has 1 rings (SSSR count). The maximum Gasteiger partial charge on any atom is 0.0595 e. The number of thiophene rings is 1. The summed E-state index contributed by atoms with van der Waals surface area (Å²) in [4.78, 5) is 3.95. The quantitative estimate of drug-likeness (QED) is 0.805. The van der Waals surface area contributed by atoms with Crippen molar-refractivity contribution in [1.29, 1.82) is 0 Å². The predicted octanol–water partition coefficient (Wildman–Crippen LogP) is 3.65. The van der Waals surface area contributed by atoms with Crippen LogP contribution in [0.1, 0.15) is 51.5 Å². The van der Waals surface area contributed by atoms with Crippen molar-refractivity contribution in [2.24, 2.45) is 5.73 Å². The highest BCUT2D eigenvalue weighted by molar-refractivity contribution is 7.10. The van der Waals surface area contributed by atoms with E-state index < -0.39 is 0 Å². The van der Waals surface area contributed by atoms with Crippen LogP contribution in [0, 0.1) is 0 Å². The Labute approximate surface area is 110 Å². The second kappa shape index (κ2) is 7.14. The maximum atomic E-state index is 6.34. The van der Waals surface area contributed by atoms with Gasteiger partial charge in [-0.3, -0.25) is 4.90 Å². The van der Waals surface area contributed by atoms with Gasteiger partial charge in [-0.2, -0.15) is 0 Å². The number of likely N-dealkylation sites (N-methyl/N-ethyl adjacent to an activating group) is 1. The lowest BCUT2D eigenvalue weighted by Crippen LogP contribution is -2.44. The van der Waals surface area contributed by atoms with E-state index in [0.29, 0.717) is 12.1 Å². The monoisotopic (exact) mass is 254 g/mol. The molecule has 2 N–H and O–H groups in total. The van der Waals surface area contributed by atoms with Crippen LogP contribution in [-0.4, -0.2) is 23.5 Å². The molecule has 0 radical (unpaired) electrons. The van der Waals surface area contributed by atoms with E-state index in [9.17, 15) is 0 Å². The van der Waals surface area contributed by atoms with Gasteiger partial charge in [-0.05, 0) is 37.8 Å². The van der Waals surface area contributed by atoms with Crippen LogP contribution in [0.4, 0.5) is 0 Å². The van der Waals surface area contributed by atoms with E-state index in [2.05, 4.69) is 50.1 Å². The molecular formula is C14H26N2S. The van der Waals surface area contributed by atoms with Gasteiger partial charge >= 0.3 is 0 Å². The van der Waals surface area contributed by atoms with Crippen molar-refractivity contribution in [2.45, 2.75) is 58.7 Å². The van der Waals surface area contributed by atoms with Gasteiger partial charge in [-0.1, -0.05) is 26.8 Å². The number of rotatable bonds is 7. The molecule has 1 heterocycles. The molecule has 17 heavy (non-hydrogen) atoms. The molecule has 0 aliphatic heterocycles. The molecule has 1 aromatic rings. The fraction of sp³-hybridized carbons (Fsp3) is 0.714. The van der Waals surface area contributed by atoms with Crippen LogP contribution in [0.2, 0.25) is 0 Å². The molecule has 0 saturated heterocycles. The lowest BCUT2D eigenvalue weighted by atomic mass is 10.0. The summed E-state index contributed by atoms with van der Waals surface area (Å²) in [6.45, 7) is 10.0. The zero-order valence-corrected chi connectivity index (χ0v) is 12.3. The minimum atomic E-state index is 0.225. The van der Waals surface area contributed by atoms with Gasteiger partial charge in [0.2, 0.25) is 0 Å². The summed E-state index contributed by atoms with van der Waals surface area (Å²) in [5, 5.41) is 2.15. The molecule has 0 saturated carbocycles. The minimum Gasteiger partial charge on any atom is -0.326 e. The van der Waals surface area contributed by atoms with Gasteiger partial charge < -0.3 is 5.73 Å². The molecule has 1 aromatic heterocycles. The SMILES string of the molecule is CCC(N)C(c1cccs1)N(CC)C(C)CC. The third-order valence-corrected chi connectivity index (χ3v) is 4.53. The summed E-state index contributed by atoms with van der Waals surface area (Å²) < 4.78 is 0. The highest BCUT2D eigenvalue weighted by Gasteiger charge is 2.28. The van der Waals surface area contributed by atoms with Crippen molar-refractivity contribution in [3.63, 3.8) is 0 Å².